The quantitative estimate of drug-likeness (QED) is 0.834. The van der Waals surface area contributed by atoms with E-state index in [1.807, 2.05) is 24.3 Å². The second-order valence-electron chi connectivity index (χ2n) is 3.25. The van der Waals surface area contributed by atoms with Gasteiger partial charge in [-0.05, 0) is 40.2 Å². The molecule has 0 atom stereocenters. The fourth-order valence-corrected chi connectivity index (χ4v) is 2.42. The van der Waals surface area contributed by atoms with E-state index in [1.54, 1.807) is 11.8 Å². The van der Waals surface area contributed by atoms with Crippen LogP contribution in [0.25, 0.3) is 0 Å². The number of rotatable bonds is 3. The minimum absolute atomic E-state index is 0.147. The molecule has 1 aromatic carbocycles. The van der Waals surface area contributed by atoms with E-state index in [4.69, 9.17) is 0 Å². The largest absolute Gasteiger partial charge is 0.309 e. The lowest BCUT2D eigenvalue weighted by Crippen LogP contribution is -2.10. The van der Waals surface area contributed by atoms with E-state index in [-0.39, 0.29) is 5.56 Å². The molecule has 0 saturated heterocycles. The van der Waals surface area contributed by atoms with E-state index in [9.17, 15) is 4.79 Å². The van der Waals surface area contributed by atoms with Gasteiger partial charge in [-0.15, -0.1) is 11.8 Å². The summed E-state index contributed by atoms with van der Waals surface area (Å²) in [5.74, 6) is 1.32. The van der Waals surface area contributed by atoms with Gasteiger partial charge in [-0.2, -0.15) is 0 Å². The molecule has 1 N–H and O–H groups in total. The molecule has 0 saturated carbocycles. The van der Waals surface area contributed by atoms with Crippen molar-refractivity contribution in [3.8, 4) is 0 Å². The normalized spacial score (nSPS) is 10.5. The summed E-state index contributed by atoms with van der Waals surface area (Å²) in [6.45, 7) is 0. The number of nitrogens with one attached hydrogen (secondary N) is 1. The summed E-state index contributed by atoms with van der Waals surface area (Å²) in [5, 5.41) is 0. The fourth-order valence-electron chi connectivity index (χ4n) is 1.17. The number of aromatic nitrogens is 2. The summed E-state index contributed by atoms with van der Waals surface area (Å²) in [7, 11) is 0. The van der Waals surface area contributed by atoms with Crippen molar-refractivity contribution in [3.63, 3.8) is 0 Å². The number of aromatic amines is 1. The van der Waals surface area contributed by atoms with Crippen LogP contribution < -0.4 is 5.56 Å². The molecular formula is C11H8Br2N2OS. The van der Waals surface area contributed by atoms with Crippen LogP contribution in [0, 0.1) is 0 Å². The molecule has 0 amide bonds. The first-order valence-corrected chi connectivity index (χ1v) is 7.34. The molecule has 0 aliphatic heterocycles. The Bertz CT molecular complexity index is 568. The average molecular weight is 376 g/mol. The summed E-state index contributed by atoms with van der Waals surface area (Å²) in [6.07, 6.45) is 1.52. The molecule has 0 fully saturated rings. The van der Waals surface area contributed by atoms with Gasteiger partial charge in [0, 0.05) is 15.6 Å². The van der Waals surface area contributed by atoms with Gasteiger partial charge in [0.25, 0.3) is 5.56 Å². The van der Waals surface area contributed by atoms with Crippen LogP contribution in [0.15, 0.2) is 49.1 Å². The minimum Gasteiger partial charge on any atom is -0.309 e. The standard InChI is InChI=1S/C11H8Br2N2OS/c12-7-1-3-8(4-2-7)17-6-10-14-5-9(13)11(16)15-10/h1-5H,6H2,(H,14,15,16). The van der Waals surface area contributed by atoms with Crippen molar-refractivity contribution in [1.29, 1.82) is 0 Å². The number of hydrogen-bond acceptors (Lipinski definition) is 3. The third-order valence-electron chi connectivity index (χ3n) is 2.00. The van der Waals surface area contributed by atoms with E-state index in [1.165, 1.54) is 6.20 Å². The highest BCUT2D eigenvalue weighted by Crippen LogP contribution is 2.22. The summed E-state index contributed by atoms with van der Waals surface area (Å²) < 4.78 is 1.51. The molecule has 0 bridgehead atoms. The molecule has 0 spiro atoms. The van der Waals surface area contributed by atoms with Gasteiger partial charge in [0.2, 0.25) is 0 Å². The number of thioether (sulfide) groups is 1. The lowest BCUT2D eigenvalue weighted by molar-refractivity contribution is 0.990. The summed E-state index contributed by atoms with van der Waals surface area (Å²) >= 11 is 8.13. The second-order valence-corrected chi connectivity index (χ2v) is 6.07. The Morgan fingerprint density at radius 2 is 1.94 bits per heavy atom. The molecule has 1 aromatic heterocycles. The molecule has 17 heavy (non-hydrogen) atoms. The number of halogens is 2. The maximum Gasteiger partial charge on any atom is 0.265 e. The fraction of sp³-hybridized carbons (Fsp3) is 0.0909. The summed E-state index contributed by atoms with van der Waals surface area (Å²) in [4.78, 5) is 19.3. The van der Waals surface area contributed by atoms with Gasteiger partial charge in [0.1, 0.15) is 10.3 Å². The first-order valence-electron chi connectivity index (χ1n) is 4.77. The summed E-state index contributed by atoms with van der Waals surface area (Å²) in [5.41, 5.74) is -0.147. The predicted molar refractivity (Wildman–Crippen MR) is 76.3 cm³/mol. The molecule has 3 nitrogen and oxygen atoms in total. The van der Waals surface area contributed by atoms with Gasteiger partial charge in [-0.25, -0.2) is 4.98 Å². The van der Waals surface area contributed by atoms with E-state index >= 15 is 0 Å². The Kier molecular flexibility index (Phi) is 4.42. The van der Waals surface area contributed by atoms with E-state index in [2.05, 4.69) is 41.8 Å². The van der Waals surface area contributed by atoms with Crippen LogP contribution in [0.1, 0.15) is 5.82 Å². The van der Waals surface area contributed by atoms with Crippen LogP contribution in [0.2, 0.25) is 0 Å². The van der Waals surface area contributed by atoms with Gasteiger partial charge in [-0.1, -0.05) is 15.9 Å². The van der Waals surface area contributed by atoms with Crippen LogP contribution >= 0.6 is 43.6 Å². The monoisotopic (exact) mass is 374 g/mol. The Morgan fingerprint density at radius 1 is 1.24 bits per heavy atom. The average Bonchev–Trinajstić information content (AvgIpc) is 2.33. The number of benzene rings is 1. The van der Waals surface area contributed by atoms with Crippen LogP contribution in [-0.4, -0.2) is 9.97 Å². The molecule has 0 unspecified atom stereocenters. The van der Waals surface area contributed by atoms with Crippen molar-refractivity contribution in [3.05, 3.63) is 55.6 Å². The van der Waals surface area contributed by atoms with Crippen LogP contribution in [0.4, 0.5) is 0 Å². The zero-order valence-electron chi connectivity index (χ0n) is 8.61. The molecule has 0 aliphatic carbocycles. The Balaban J connectivity index is 2.04. The van der Waals surface area contributed by atoms with Gasteiger partial charge in [0.15, 0.2) is 0 Å². The zero-order chi connectivity index (χ0) is 12.3. The molecule has 6 heteroatoms. The van der Waals surface area contributed by atoms with Gasteiger partial charge < -0.3 is 4.98 Å². The third-order valence-corrected chi connectivity index (χ3v) is 4.11. The van der Waals surface area contributed by atoms with Crippen molar-refractivity contribution in [2.24, 2.45) is 0 Å². The lowest BCUT2D eigenvalue weighted by Gasteiger charge is -2.01. The van der Waals surface area contributed by atoms with Crippen molar-refractivity contribution in [2.75, 3.05) is 0 Å². The Morgan fingerprint density at radius 3 is 2.59 bits per heavy atom. The molecule has 2 aromatic rings. The smallest absolute Gasteiger partial charge is 0.265 e. The highest BCUT2D eigenvalue weighted by atomic mass is 79.9. The van der Waals surface area contributed by atoms with Gasteiger partial charge in [0.05, 0.1) is 5.75 Å². The summed E-state index contributed by atoms with van der Waals surface area (Å²) in [6, 6.07) is 8.01. The van der Waals surface area contributed by atoms with Crippen LogP contribution in [-0.2, 0) is 5.75 Å². The van der Waals surface area contributed by atoms with Gasteiger partial charge >= 0.3 is 0 Å². The van der Waals surface area contributed by atoms with Crippen molar-refractivity contribution >= 4 is 43.6 Å². The zero-order valence-corrected chi connectivity index (χ0v) is 12.6. The first-order chi connectivity index (χ1) is 8.15. The van der Waals surface area contributed by atoms with Crippen LogP contribution in [0.5, 0.6) is 0 Å². The van der Waals surface area contributed by atoms with E-state index in [0.29, 0.717) is 16.0 Å². The van der Waals surface area contributed by atoms with Crippen molar-refractivity contribution in [1.82, 2.24) is 9.97 Å². The Hall–Kier alpha value is -0.590. The van der Waals surface area contributed by atoms with Gasteiger partial charge in [-0.3, -0.25) is 4.79 Å². The molecular weight excluding hydrogens is 368 g/mol. The molecule has 2 rings (SSSR count). The maximum atomic E-state index is 11.3. The second kappa shape index (κ2) is 5.84. The minimum atomic E-state index is -0.147. The van der Waals surface area contributed by atoms with Crippen molar-refractivity contribution in [2.45, 2.75) is 10.6 Å². The van der Waals surface area contributed by atoms with E-state index in [0.717, 1.165) is 9.37 Å². The highest BCUT2D eigenvalue weighted by molar-refractivity contribution is 9.10. The predicted octanol–water partition coefficient (Wildman–Crippen LogP) is 3.59. The van der Waals surface area contributed by atoms with Crippen LogP contribution in [0.3, 0.4) is 0 Å². The molecule has 0 aliphatic rings. The number of H-pyrrole nitrogens is 1. The number of nitrogens with zero attached hydrogens (tertiary/aromatic N) is 1. The maximum absolute atomic E-state index is 11.3. The molecule has 1 heterocycles. The molecule has 0 radical (unpaired) electrons. The third kappa shape index (κ3) is 3.69. The number of hydrogen-bond donors (Lipinski definition) is 1. The first kappa shape index (κ1) is 12.9. The molecule has 88 valence electrons. The SMILES string of the molecule is O=c1[nH]c(CSc2ccc(Br)cc2)ncc1Br. The highest BCUT2D eigenvalue weighted by Gasteiger charge is 2.01. The Labute approximate surface area is 119 Å². The van der Waals surface area contributed by atoms with E-state index < -0.39 is 0 Å². The lowest BCUT2D eigenvalue weighted by atomic mass is 10.4. The topological polar surface area (TPSA) is 45.8 Å². The van der Waals surface area contributed by atoms with Crippen molar-refractivity contribution < 1.29 is 0 Å².